The number of esters is 1. The summed E-state index contributed by atoms with van der Waals surface area (Å²) in [5, 5.41) is 36.1. The Bertz CT molecular complexity index is 1380. The number of carbonyl (C=O) groups excluding carboxylic acids is 2. The van der Waals surface area contributed by atoms with Crippen LogP contribution in [0.15, 0.2) is 30.3 Å². The molecule has 1 aromatic rings. The van der Waals surface area contributed by atoms with E-state index >= 15 is 0 Å². The topological polar surface area (TPSA) is 147 Å². The number of aryl methyl sites for hydroxylation is 1. The zero-order valence-electron chi connectivity index (χ0n) is 34.9. The molecule has 1 aromatic carbocycles. The summed E-state index contributed by atoms with van der Waals surface area (Å²) in [6.45, 7) is 17.0. The average molecular weight is 763 g/mol. The Hall–Kier alpha value is -2.32. The summed E-state index contributed by atoms with van der Waals surface area (Å²) in [7, 11) is 5.36. The minimum absolute atomic E-state index is 0.217. The number of unbranched alkanes of at least 4 members (excludes halogenated alkanes) is 1. The molecule has 0 bridgehead atoms. The lowest BCUT2D eigenvalue weighted by Crippen LogP contribution is -2.63. The van der Waals surface area contributed by atoms with E-state index in [2.05, 4.69) is 12.1 Å². The molecule has 15 atom stereocenters. The number of likely N-dealkylation sites (N-methyl/N-ethyl adjacent to an activating group) is 1. The van der Waals surface area contributed by atoms with E-state index in [1.165, 1.54) is 5.56 Å². The van der Waals surface area contributed by atoms with Crippen LogP contribution >= 0.6 is 0 Å². The van der Waals surface area contributed by atoms with Gasteiger partial charge in [-0.05, 0) is 98.7 Å². The molecule has 1 amide bonds. The molecule has 0 aliphatic carbocycles. The molecule has 3 N–H and O–H groups in total. The van der Waals surface area contributed by atoms with Crippen molar-refractivity contribution in [3.8, 4) is 0 Å². The predicted molar refractivity (Wildman–Crippen MR) is 206 cm³/mol. The fraction of sp³-hybridized carbons (Fsp3) is 0.810. The molecule has 1 unspecified atom stereocenters. The standard InChI is InChI=1S/C42H70N2O10/c1-13-32-42(9)35(44(39(48)54-42)22-18-17-21-30-19-15-14-16-20-30)29(6)41(8,49)25(2)24-40(7,50-12)36(27(4)33(45)28(5)37(47)52-32)53-38-34(46)31(43(10)11)23-26(3)51-38/h14-16,19-20,25-29,31-36,38,45-46,49H,13,17-18,21-24H2,1-12H3/t25-,26-,27+,28-,29-,31+,32?,33+,34-,35-,36-,38+,40-,41+,42-/m1/s1. The van der Waals surface area contributed by atoms with Gasteiger partial charge in [-0.2, -0.15) is 0 Å². The monoisotopic (exact) mass is 763 g/mol. The summed E-state index contributed by atoms with van der Waals surface area (Å²) in [6, 6.07) is 9.31. The summed E-state index contributed by atoms with van der Waals surface area (Å²) < 4.78 is 31.7. The van der Waals surface area contributed by atoms with Gasteiger partial charge < -0.3 is 48.8 Å². The molecule has 12 nitrogen and oxygen atoms in total. The number of hydrogen-bond acceptors (Lipinski definition) is 11. The summed E-state index contributed by atoms with van der Waals surface area (Å²) in [4.78, 5) is 31.5. The molecular formula is C42H70N2O10. The van der Waals surface area contributed by atoms with Gasteiger partial charge in [0.25, 0.3) is 0 Å². The molecule has 0 spiro atoms. The van der Waals surface area contributed by atoms with E-state index in [0.29, 0.717) is 25.8 Å². The van der Waals surface area contributed by atoms with Crippen molar-refractivity contribution in [2.24, 2.45) is 23.7 Å². The third-order valence-corrected chi connectivity index (χ3v) is 13.3. The van der Waals surface area contributed by atoms with E-state index in [1.807, 2.05) is 71.8 Å². The molecular weight excluding hydrogens is 692 g/mol. The first-order valence-electron chi connectivity index (χ1n) is 20.1. The van der Waals surface area contributed by atoms with Crippen LogP contribution in [0.5, 0.6) is 0 Å². The Balaban J connectivity index is 1.75. The molecule has 0 aromatic heterocycles. The van der Waals surface area contributed by atoms with Gasteiger partial charge in [-0.1, -0.05) is 58.0 Å². The normalized spacial score (nSPS) is 42.6. The van der Waals surface area contributed by atoms with Crippen molar-refractivity contribution < 1.29 is 48.6 Å². The first kappa shape index (κ1) is 44.4. The lowest BCUT2D eigenvalue weighted by molar-refractivity contribution is -0.303. The Kier molecular flexibility index (Phi) is 14.7. The number of hydrogen-bond donors (Lipinski definition) is 3. The summed E-state index contributed by atoms with van der Waals surface area (Å²) in [6.07, 6.45) is -2.16. The van der Waals surface area contributed by atoms with Gasteiger partial charge in [0.2, 0.25) is 0 Å². The van der Waals surface area contributed by atoms with Gasteiger partial charge in [0.1, 0.15) is 12.2 Å². The Labute approximate surface area is 323 Å². The maximum Gasteiger partial charge on any atom is 0.410 e. The third-order valence-electron chi connectivity index (χ3n) is 13.3. The maximum atomic E-state index is 14.0. The first-order chi connectivity index (χ1) is 25.2. The number of ether oxygens (including phenoxy) is 5. The van der Waals surface area contributed by atoms with Crippen molar-refractivity contribution in [2.75, 3.05) is 27.7 Å². The van der Waals surface area contributed by atoms with Crippen LogP contribution in [0.1, 0.15) is 100.0 Å². The molecule has 0 saturated carbocycles. The van der Waals surface area contributed by atoms with Crippen LogP contribution in [0.2, 0.25) is 0 Å². The number of methoxy groups -OCH3 is 1. The molecule has 12 heteroatoms. The Morgan fingerprint density at radius 2 is 1.63 bits per heavy atom. The number of aliphatic hydroxyl groups excluding tert-OH is 2. The molecule has 3 aliphatic rings. The molecule has 0 radical (unpaired) electrons. The molecule has 3 aliphatic heterocycles. The minimum Gasteiger partial charge on any atom is -0.458 e. The van der Waals surface area contributed by atoms with Crippen molar-refractivity contribution in [2.45, 2.75) is 167 Å². The van der Waals surface area contributed by atoms with E-state index < -0.39 is 89.3 Å². The largest absolute Gasteiger partial charge is 0.458 e. The zero-order chi connectivity index (χ0) is 40.3. The van der Waals surface area contributed by atoms with Crippen molar-refractivity contribution in [1.82, 2.24) is 9.80 Å². The second-order valence-electron chi connectivity index (χ2n) is 17.4. The number of cyclic esters (lactones) is 1. The van der Waals surface area contributed by atoms with Crippen LogP contribution in [0.25, 0.3) is 0 Å². The summed E-state index contributed by atoms with van der Waals surface area (Å²) in [5.74, 6) is -3.36. The second kappa shape index (κ2) is 17.9. The highest BCUT2D eigenvalue weighted by atomic mass is 16.7. The highest BCUT2D eigenvalue weighted by Gasteiger charge is 2.62. The van der Waals surface area contributed by atoms with Crippen LogP contribution in [0.3, 0.4) is 0 Å². The van der Waals surface area contributed by atoms with Crippen molar-refractivity contribution in [1.29, 1.82) is 0 Å². The summed E-state index contributed by atoms with van der Waals surface area (Å²) in [5.41, 5.74) is -2.63. The lowest BCUT2D eigenvalue weighted by atomic mass is 9.67. The van der Waals surface area contributed by atoms with Gasteiger partial charge in [0.15, 0.2) is 11.9 Å². The fourth-order valence-corrected chi connectivity index (χ4v) is 9.39. The smallest absolute Gasteiger partial charge is 0.410 e. The van der Waals surface area contributed by atoms with Crippen LogP contribution < -0.4 is 0 Å². The number of rotatable bonds is 10. The van der Waals surface area contributed by atoms with Crippen molar-refractivity contribution >= 4 is 12.1 Å². The molecule has 3 saturated heterocycles. The molecule has 4 rings (SSSR count). The van der Waals surface area contributed by atoms with Crippen LogP contribution in [0.4, 0.5) is 4.79 Å². The van der Waals surface area contributed by atoms with E-state index in [9.17, 15) is 24.9 Å². The Morgan fingerprint density at radius 3 is 2.22 bits per heavy atom. The molecule has 3 heterocycles. The van der Waals surface area contributed by atoms with Crippen molar-refractivity contribution in [3.63, 3.8) is 0 Å². The minimum atomic E-state index is -1.40. The van der Waals surface area contributed by atoms with Gasteiger partial charge in [-0.25, -0.2) is 4.79 Å². The number of nitrogens with zero attached hydrogens (tertiary/aromatic N) is 2. The third kappa shape index (κ3) is 9.11. The van der Waals surface area contributed by atoms with E-state index in [0.717, 1.165) is 12.8 Å². The number of amides is 1. The molecule has 3 fully saturated rings. The summed E-state index contributed by atoms with van der Waals surface area (Å²) >= 11 is 0. The van der Waals surface area contributed by atoms with Gasteiger partial charge in [-0.3, -0.25) is 4.79 Å². The van der Waals surface area contributed by atoms with Crippen LogP contribution in [0, 0.1) is 23.7 Å². The number of fused-ring (bicyclic) bond motifs is 1. The number of carbonyl (C=O) groups is 2. The van der Waals surface area contributed by atoms with Gasteiger partial charge in [-0.15, -0.1) is 0 Å². The highest BCUT2D eigenvalue weighted by Crippen LogP contribution is 2.47. The predicted octanol–water partition coefficient (Wildman–Crippen LogP) is 5.19. The quantitative estimate of drug-likeness (QED) is 0.214. The van der Waals surface area contributed by atoms with E-state index in [4.69, 9.17) is 23.7 Å². The van der Waals surface area contributed by atoms with E-state index in [-0.39, 0.29) is 18.6 Å². The van der Waals surface area contributed by atoms with Crippen LogP contribution in [-0.4, -0.2) is 131 Å². The fourth-order valence-electron chi connectivity index (χ4n) is 9.39. The SMILES string of the molecule is CCC1OC(=O)[C@H](C)[C@@H](O)[C@H](C)[C@@H](O[C@@H]2O[C@H](C)C[C@H](N(C)C)[C@H]2O)[C@](C)(OC)C[C@@H](C)[C@](C)(O)[C@H](C)[C@H]2N(CCCCc3ccccc3)C(=O)O[C@]12C. The lowest BCUT2D eigenvalue weighted by Gasteiger charge is -2.51. The average Bonchev–Trinajstić information content (AvgIpc) is 3.39. The van der Waals surface area contributed by atoms with Gasteiger partial charge >= 0.3 is 12.1 Å². The Morgan fingerprint density at radius 1 is 0.981 bits per heavy atom. The second-order valence-corrected chi connectivity index (χ2v) is 17.4. The molecule has 54 heavy (non-hydrogen) atoms. The maximum absolute atomic E-state index is 14.0. The number of benzene rings is 1. The van der Waals surface area contributed by atoms with Crippen molar-refractivity contribution in [3.05, 3.63) is 35.9 Å². The zero-order valence-corrected chi connectivity index (χ0v) is 34.9. The van der Waals surface area contributed by atoms with Crippen LogP contribution in [-0.2, 0) is 34.9 Å². The van der Waals surface area contributed by atoms with Gasteiger partial charge in [0.05, 0.1) is 41.5 Å². The number of aliphatic hydroxyl groups is 3. The van der Waals surface area contributed by atoms with E-state index in [1.54, 1.807) is 39.7 Å². The molecule has 308 valence electrons. The van der Waals surface area contributed by atoms with Gasteiger partial charge in [0, 0.05) is 31.5 Å². The highest BCUT2D eigenvalue weighted by molar-refractivity contribution is 5.74. The first-order valence-corrected chi connectivity index (χ1v) is 20.1.